The van der Waals surface area contributed by atoms with Crippen molar-refractivity contribution in [1.29, 1.82) is 0 Å². The number of aliphatic hydroxyl groups excluding tert-OH is 4. The van der Waals surface area contributed by atoms with Gasteiger partial charge in [-0.1, -0.05) is 24.3 Å². The van der Waals surface area contributed by atoms with E-state index in [-0.39, 0.29) is 17.7 Å². The molecule has 200 valence electrons. The molecule has 5 rings (SSSR count). The fourth-order valence-corrected chi connectivity index (χ4v) is 5.77. The van der Waals surface area contributed by atoms with Gasteiger partial charge in [0, 0.05) is 40.0 Å². The highest BCUT2D eigenvalue weighted by molar-refractivity contribution is 5.93. The van der Waals surface area contributed by atoms with E-state index >= 15 is 0 Å². The number of fused-ring (bicyclic) bond motifs is 3. The number of hydrogen-bond donors (Lipinski definition) is 6. The Morgan fingerprint density at radius 2 is 1.97 bits per heavy atom. The van der Waals surface area contributed by atoms with E-state index in [0.29, 0.717) is 12.0 Å². The highest BCUT2D eigenvalue weighted by atomic mass is 16.8. The van der Waals surface area contributed by atoms with Crippen molar-refractivity contribution in [2.75, 3.05) is 13.2 Å². The summed E-state index contributed by atoms with van der Waals surface area (Å²) in [4.78, 5) is 16.2. The van der Waals surface area contributed by atoms with Crippen LogP contribution in [0.3, 0.4) is 0 Å². The molecule has 37 heavy (non-hydrogen) atoms. The van der Waals surface area contributed by atoms with Gasteiger partial charge in [-0.3, -0.25) is 4.79 Å². The maximum atomic E-state index is 12.6. The Kier molecular flexibility index (Phi) is 7.51. The van der Waals surface area contributed by atoms with Crippen molar-refractivity contribution < 1.29 is 39.4 Å². The summed E-state index contributed by atoms with van der Waals surface area (Å²) in [6.07, 6.45) is -3.62. The minimum atomic E-state index is -1.58. The zero-order valence-electron chi connectivity index (χ0n) is 20.6. The quantitative estimate of drug-likeness (QED) is 0.295. The lowest BCUT2D eigenvalue weighted by Gasteiger charge is -2.43. The minimum Gasteiger partial charge on any atom is -0.471 e. The standard InChI is InChI=1S/C27H34N2O8/c1-3-14-17(10-20-22-16(8-9-28-20)15-6-4-5-7-19(15)29-22)18(13(2)31)12-35-26(14)37-27-25(34)24(33)23(32)21(11-30)36-27/h3-7,12,14,17,20-21,23-30,32-34H,1,8-11H2,2H3/t14-,17+,20+,21-,23-,24+,25-,26+,27+/m1/s1. The van der Waals surface area contributed by atoms with Crippen molar-refractivity contribution in [3.8, 4) is 0 Å². The van der Waals surface area contributed by atoms with Gasteiger partial charge in [-0.05, 0) is 37.9 Å². The first kappa shape index (κ1) is 26.1. The van der Waals surface area contributed by atoms with Gasteiger partial charge in [-0.15, -0.1) is 6.58 Å². The van der Waals surface area contributed by atoms with Gasteiger partial charge < -0.3 is 44.9 Å². The molecule has 9 atom stereocenters. The predicted molar refractivity (Wildman–Crippen MR) is 133 cm³/mol. The topological polar surface area (TPSA) is 154 Å². The molecule has 3 aliphatic heterocycles. The largest absolute Gasteiger partial charge is 0.471 e. The molecular weight excluding hydrogens is 480 g/mol. The van der Waals surface area contributed by atoms with Gasteiger partial charge in [0.2, 0.25) is 6.29 Å². The third kappa shape index (κ3) is 4.74. The molecule has 0 bridgehead atoms. The van der Waals surface area contributed by atoms with E-state index in [1.165, 1.54) is 24.1 Å². The van der Waals surface area contributed by atoms with Crippen molar-refractivity contribution in [3.63, 3.8) is 0 Å². The second-order valence-electron chi connectivity index (χ2n) is 9.94. The zero-order chi connectivity index (χ0) is 26.3. The van der Waals surface area contributed by atoms with Crippen LogP contribution in [0.1, 0.15) is 30.6 Å². The Morgan fingerprint density at radius 3 is 2.70 bits per heavy atom. The fourth-order valence-electron chi connectivity index (χ4n) is 5.77. The van der Waals surface area contributed by atoms with Crippen LogP contribution in [0, 0.1) is 11.8 Å². The normalized spacial score (nSPS) is 35.9. The monoisotopic (exact) mass is 514 g/mol. The zero-order valence-corrected chi connectivity index (χ0v) is 20.6. The smallest absolute Gasteiger partial charge is 0.208 e. The number of Topliss-reactive ketones (excluding diaryl/α,β-unsaturated/α-hetero) is 1. The van der Waals surface area contributed by atoms with E-state index in [1.807, 2.05) is 12.1 Å². The van der Waals surface area contributed by atoms with Crippen molar-refractivity contribution >= 4 is 16.7 Å². The summed E-state index contributed by atoms with van der Waals surface area (Å²) >= 11 is 0. The molecule has 1 fully saturated rings. The number of aromatic amines is 1. The van der Waals surface area contributed by atoms with E-state index < -0.39 is 49.5 Å². The number of aliphatic hydroxyl groups is 4. The number of para-hydroxylation sites is 1. The molecule has 0 spiro atoms. The van der Waals surface area contributed by atoms with Crippen LogP contribution in [-0.4, -0.2) is 81.3 Å². The number of H-pyrrole nitrogens is 1. The van der Waals surface area contributed by atoms with Crippen LogP contribution >= 0.6 is 0 Å². The minimum absolute atomic E-state index is 0.0580. The van der Waals surface area contributed by atoms with E-state index in [1.54, 1.807) is 6.08 Å². The summed E-state index contributed by atoms with van der Waals surface area (Å²) in [5.74, 6) is -0.947. The first-order valence-corrected chi connectivity index (χ1v) is 12.6. The summed E-state index contributed by atoms with van der Waals surface area (Å²) in [6.45, 7) is 5.68. The summed E-state index contributed by atoms with van der Waals surface area (Å²) in [5, 5.41) is 45.0. The summed E-state index contributed by atoms with van der Waals surface area (Å²) in [7, 11) is 0. The predicted octanol–water partition coefficient (Wildman–Crippen LogP) is 0.809. The van der Waals surface area contributed by atoms with Crippen LogP contribution in [0.2, 0.25) is 0 Å². The number of carbonyl (C=O) groups excluding carboxylic acids is 1. The van der Waals surface area contributed by atoms with Crippen molar-refractivity contribution in [1.82, 2.24) is 10.3 Å². The maximum Gasteiger partial charge on any atom is 0.208 e. The molecule has 4 heterocycles. The molecule has 0 unspecified atom stereocenters. The van der Waals surface area contributed by atoms with E-state index in [9.17, 15) is 25.2 Å². The molecule has 2 aromatic rings. The lowest BCUT2D eigenvalue weighted by Crippen LogP contribution is -2.60. The number of hydrogen-bond acceptors (Lipinski definition) is 9. The summed E-state index contributed by atoms with van der Waals surface area (Å²) < 4.78 is 17.2. The van der Waals surface area contributed by atoms with Gasteiger partial charge in [-0.25, -0.2) is 0 Å². The highest BCUT2D eigenvalue weighted by Gasteiger charge is 2.47. The van der Waals surface area contributed by atoms with Crippen LogP contribution in [-0.2, 0) is 25.4 Å². The molecule has 1 aromatic heterocycles. The van der Waals surface area contributed by atoms with E-state index in [2.05, 4.69) is 29.0 Å². The lowest BCUT2D eigenvalue weighted by molar-refractivity contribution is -0.339. The van der Waals surface area contributed by atoms with Crippen LogP contribution in [0.15, 0.2) is 48.8 Å². The first-order chi connectivity index (χ1) is 17.8. The van der Waals surface area contributed by atoms with Crippen molar-refractivity contribution in [2.45, 2.75) is 62.8 Å². The number of nitrogens with one attached hydrogen (secondary N) is 2. The first-order valence-electron chi connectivity index (χ1n) is 12.6. The Hall–Kier alpha value is -2.57. The summed E-state index contributed by atoms with van der Waals surface area (Å²) in [6, 6.07) is 8.13. The molecule has 0 saturated carbocycles. The lowest BCUT2D eigenvalue weighted by atomic mass is 9.77. The highest BCUT2D eigenvalue weighted by Crippen LogP contribution is 2.41. The number of benzene rings is 1. The fraction of sp³-hybridized carbons (Fsp3) is 0.519. The number of rotatable bonds is 7. The third-order valence-electron chi connectivity index (χ3n) is 7.75. The summed E-state index contributed by atoms with van der Waals surface area (Å²) in [5.41, 5.74) is 3.93. The molecule has 0 amide bonds. The van der Waals surface area contributed by atoms with Gasteiger partial charge in [0.05, 0.1) is 12.9 Å². The number of aromatic nitrogens is 1. The van der Waals surface area contributed by atoms with Crippen LogP contribution in [0.5, 0.6) is 0 Å². The number of ether oxygens (including phenoxy) is 3. The maximum absolute atomic E-state index is 12.6. The second kappa shape index (κ2) is 10.7. The molecule has 0 aliphatic carbocycles. The van der Waals surface area contributed by atoms with Gasteiger partial charge in [0.15, 0.2) is 12.1 Å². The number of ketones is 1. The van der Waals surface area contributed by atoms with Gasteiger partial charge in [0.25, 0.3) is 0 Å². The number of carbonyl (C=O) groups is 1. The van der Waals surface area contributed by atoms with Crippen molar-refractivity contribution in [3.05, 3.63) is 60.0 Å². The average Bonchev–Trinajstić information content (AvgIpc) is 3.28. The molecule has 3 aliphatic rings. The Labute approximate surface area is 214 Å². The Bertz CT molecular complexity index is 1180. The van der Waals surface area contributed by atoms with Crippen molar-refractivity contribution in [2.24, 2.45) is 11.8 Å². The van der Waals surface area contributed by atoms with Gasteiger partial charge in [-0.2, -0.15) is 0 Å². The molecule has 1 saturated heterocycles. The van der Waals surface area contributed by atoms with E-state index in [4.69, 9.17) is 14.2 Å². The molecular formula is C27H34N2O8. The Morgan fingerprint density at radius 1 is 1.19 bits per heavy atom. The van der Waals surface area contributed by atoms with Crippen LogP contribution in [0.4, 0.5) is 0 Å². The molecule has 10 heteroatoms. The van der Waals surface area contributed by atoms with Gasteiger partial charge >= 0.3 is 0 Å². The third-order valence-corrected chi connectivity index (χ3v) is 7.75. The van der Waals surface area contributed by atoms with Gasteiger partial charge in [0.1, 0.15) is 24.4 Å². The van der Waals surface area contributed by atoms with E-state index in [0.717, 1.165) is 24.2 Å². The molecule has 1 aromatic carbocycles. The molecule has 10 nitrogen and oxygen atoms in total. The van der Waals surface area contributed by atoms with Crippen LogP contribution < -0.4 is 5.32 Å². The molecule has 0 radical (unpaired) electrons. The second-order valence-corrected chi connectivity index (χ2v) is 9.94. The SMILES string of the molecule is C=C[C@H]1[C@H](O[C@@H]2O[C@H](CO)[C@@H](O)[C@H](O)[C@H]2O)OC=C(C(C)=O)[C@H]1C[C@@H]1NCCc2c1[nH]c1ccccc21. The number of allylic oxidation sites excluding steroid dienone is 1. The average molecular weight is 515 g/mol. The Balaban J connectivity index is 1.41. The molecule has 6 N–H and O–H groups in total. The van der Waals surface area contributed by atoms with Crippen LogP contribution in [0.25, 0.3) is 10.9 Å².